The Morgan fingerprint density at radius 2 is 1.75 bits per heavy atom. The minimum Gasteiger partial charge on any atom is -0.370 e. The molecule has 2 aromatic rings. The third-order valence-electron chi connectivity index (χ3n) is 4.28. The number of unbranched alkanes of at least 4 members (excludes halogenated alkanes) is 1. The molecule has 1 saturated heterocycles. The first-order chi connectivity index (χ1) is 11.8. The largest absolute Gasteiger partial charge is 0.370 e. The van der Waals surface area contributed by atoms with Gasteiger partial charge in [0.15, 0.2) is 0 Å². The molecule has 128 valence electrons. The first-order valence-electron chi connectivity index (χ1n) is 8.57. The molecule has 24 heavy (non-hydrogen) atoms. The zero-order chi connectivity index (χ0) is 16.8. The van der Waals surface area contributed by atoms with E-state index in [-0.39, 0.29) is 5.82 Å². The summed E-state index contributed by atoms with van der Waals surface area (Å²) in [5.41, 5.74) is 1.07. The Morgan fingerprint density at radius 3 is 2.46 bits per heavy atom. The summed E-state index contributed by atoms with van der Waals surface area (Å²) in [6.07, 6.45) is 3.92. The zero-order valence-corrected chi connectivity index (χ0v) is 14.1. The molecule has 0 spiro atoms. The summed E-state index contributed by atoms with van der Waals surface area (Å²) in [6.45, 7) is 6.69. The van der Waals surface area contributed by atoms with Crippen molar-refractivity contribution in [3.8, 4) is 0 Å². The zero-order valence-electron chi connectivity index (χ0n) is 14.1. The molecule has 5 nitrogen and oxygen atoms in total. The maximum Gasteiger partial charge on any atom is 0.134 e. The van der Waals surface area contributed by atoms with Crippen LogP contribution < -0.4 is 15.1 Å². The van der Waals surface area contributed by atoms with E-state index in [9.17, 15) is 4.39 Å². The van der Waals surface area contributed by atoms with E-state index >= 15 is 0 Å². The monoisotopic (exact) mass is 329 g/mol. The van der Waals surface area contributed by atoms with Gasteiger partial charge in [0.2, 0.25) is 0 Å². The molecule has 0 unspecified atom stereocenters. The fourth-order valence-electron chi connectivity index (χ4n) is 2.86. The van der Waals surface area contributed by atoms with E-state index in [0.717, 1.165) is 62.9 Å². The average molecular weight is 329 g/mol. The molecule has 1 aliphatic rings. The molecular weight excluding hydrogens is 305 g/mol. The summed E-state index contributed by atoms with van der Waals surface area (Å²) >= 11 is 0. The molecular formula is C18H24FN5. The second kappa shape index (κ2) is 7.95. The van der Waals surface area contributed by atoms with Crippen molar-refractivity contribution in [2.75, 3.05) is 47.8 Å². The molecule has 1 N–H and O–H groups in total. The average Bonchev–Trinajstić information content (AvgIpc) is 2.63. The topological polar surface area (TPSA) is 44.3 Å². The van der Waals surface area contributed by atoms with Crippen molar-refractivity contribution in [1.29, 1.82) is 0 Å². The molecule has 3 rings (SSSR count). The van der Waals surface area contributed by atoms with Crippen molar-refractivity contribution < 1.29 is 4.39 Å². The van der Waals surface area contributed by atoms with Crippen LogP contribution >= 0.6 is 0 Å². The van der Waals surface area contributed by atoms with Crippen molar-refractivity contribution in [2.24, 2.45) is 0 Å². The number of benzene rings is 1. The number of aromatic nitrogens is 2. The van der Waals surface area contributed by atoms with Crippen LogP contribution in [0.2, 0.25) is 0 Å². The van der Waals surface area contributed by atoms with Crippen LogP contribution in [-0.2, 0) is 0 Å². The van der Waals surface area contributed by atoms with Gasteiger partial charge in [0.1, 0.15) is 23.8 Å². The Hall–Kier alpha value is -2.37. The lowest BCUT2D eigenvalue weighted by atomic mass is 10.2. The van der Waals surface area contributed by atoms with Gasteiger partial charge in [-0.05, 0) is 30.7 Å². The molecule has 0 aliphatic carbocycles. The van der Waals surface area contributed by atoms with Crippen molar-refractivity contribution >= 4 is 17.3 Å². The van der Waals surface area contributed by atoms with E-state index in [1.807, 2.05) is 18.2 Å². The Bertz CT molecular complexity index is 638. The van der Waals surface area contributed by atoms with E-state index in [1.165, 1.54) is 12.1 Å². The Labute approximate surface area is 142 Å². The van der Waals surface area contributed by atoms with Gasteiger partial charge in [-0.15, -0.1) is 0 Å². The fourth-order valence-corrected chi connectivity index (χ4v) is 2.86. The van der Waals surface area contributed by atoms with Gasteiger partial charge in [-0.1, -0.05) is 13.3 Å². The van der Waals surface area contributed by atoms with Crippen LogP contribution in [0.1, 0.15) is 19.8 Å². The van der Waals surface area contributed by atoms with Gasteiger partial charge < -0.3 is 15.1 Å². The highest BCUT2D eigenvalue weighted by molar-refractivity contribution is 5.52. The highest BCUT2D eigenvalue weighted by Gasteiger charge is 2.18. The third-order valence-corrected chi connectivity index (χ3v) is 4.28. The minimum atomic E-state index is -0.193. The Morgan fingerprint density at radius 1 is 1.04 bits per heavy atom. The second-order valence-corrected chi connectivity index (χ2v) is 5.99. The van der Waals surface area contributed by atoms with Crippen LogP contribution in [0, 0.1) is 5.82 Å². The molecule has 2 heterocycles. The number of halogens is 1. The number of hydrogen-bond donors (Lipinski definition) is 1. The predicted molar refractivity (Wildman–Crippen MR) is 96.3 cm³/mol. The number of piperazine rings is 1. The highest BCUT2D eigenvalue weighted by atomic mass is 19.1. The van der Waals surface area contributed by atoms with Crippen LogP contribution in [0.4, 0.5) is 21.7 Å². The quantitative estimate of drug-likeness (QED) is 0.825. The number of nitrogens with one attached hydrogen (secondary N) is 1. The van der Waals surface area contributed by atoms with Gasteiger partial charge in [-0.2, -0.15) is 0 Å². The summed E-state index contributed by atoms with van der Waals surface area (Å²) in [5.74, 6) is 1.65. The van der Waals surface area contributed by atoms with E-state index < -0.39 is 0 Å². The summed E-state index contributed by atoms with van der Waals surface area (Å²) in [7, 11) is 0. The molecule has 0 saturated carbocycles. The van der Waals surface area contributed by atoms with Crippen LogP contribution in [0.15, 0.2) is 36.7 Å². The molecule has 0 amide bonds. The van der Waals surface area contributed by atoms with Crippen molar-refractivity contribution in [1.82, 2.24) is 9.97 Å². The molecule has 1 aliphatic heterocycles. The van der Waals surface area contributed by atoms with Gasteiger partial charge in [-0.3, -0.25) is 0 Å². The third kappa shape index (κ3) is 4.13. The van der Waals surface area contributed by atoms with E-state index in [4.69, 9.17) is 0 Å². The predicted octanol–water partition coefficient (Wildman–Crippen LogP) is 3.15. The summed E-state index contributed by atoms with van der Waals surface area (Å²) < 4.78 is 13.0. The molecule has 1 aromatic heterocycles. The Kier molecular flexibility index (Phi) is 5.46. The number of anilines is 3. The van der Waals surface area contributed by atoms with Crippen LogP contribution in [-0.4, -0.2) is 42.7 Å². The lowest BCUT2D eigenvalue weighted by Crippen LogP contribution is -2.46. The van der Waals surface area contributed by atoms with Gasteiger partial charge in [0.25, 0.3) is 0 Å². The SMILES string of the molecule is CCCCNc1cc(N2CCN(c3ccc(F)cc3)CC2)ncn1. The molecule has 1 fully saturated rings. The lowest BCUT2D eigenvalue weighted by Gasteiger charge is -2.36. The fraction of sp³-hybridized carbons (Fsp3) is 0.444. The molecule has 1 aromatic carbocycles. The van der Waals surface area contributed by atoms with Gasteiger partial charge in [-0.25, -0.2) is 14.4 Å². The van der Waals surface area contributed by atoms with Gasteiger partial charge in [0, 0.05) is 44.5 Å². The summed E-state index contributed by atoms with van der Waals surface area (Å²) in [4.78, 5) is 13.2. The maximum atomic E-state index is 13.0. The molecule has 6 heteroatoms. The standard InChI is InChI=1S/C18H24FN5/c1-2-3-8-20-17-13-18(22-14-21-17)24-11-9-23(10-12-24)16-6-4-15(19)5-7-16/h4-7,13-14H,2-3,8-12H2,1H3,(H,20,21,22). The lowest BCUT2D eigenvalue weighted by molar-refractivity contribution is 0.624. The number of nitrogens with zero attached hydrogens (tertiary/aromatic N) is 4. The highest BCUT2D eigenvalue weighted by Crippen LogP contribution is 2.20. The maximum absolute atomic E-state index is 13.0. The molecule has 0 radical (unpaired) electrons. The first kappa shape index (κ1) is 16.5. The second-order valence-electron chi connectivity index (χ2n) is 5.99. The van der Waals surface area contributed by atoms with Crippen molar-refractivity contribution in [3.63, 3.8) is 0 Å². The first-order valence-corrected chi connectivity index (χ1v) is 8.57. The van der Waals surface area contributed by atoms with Crippen LogP contribution in [0.25, 0.3) is 0 Å². The number of hydrogen-bond acceptors (Lipinski definition) is 5. The van der Waals surface area contributed by atoms with Crippen molar-refractivity contribution in [2.45, 2.75) is 19.8 Å². The smallest absolute Gasteiger partial charge is 0.134 e. The van der Waals surface area contributed by atoms with Crippen LogP contribution in [0.5, 0.6) is 0 Å². The molecule has 0 bridgehead atoms. The minimum absolute atomic E-state index is 0.193. The van der Waals surface area contributed by atoms with Gasteiger partial charge in [0.05, 0.1) is 0 Å². The van der Waals surface area contributed by atoms with E-state index in [2.05, 4.69) is 32.0 Å². The Balaban J connectivity index is 1.58. The van der Waals surface area contributed by atoms with E-state index in [1.54, 1.807) is 6.33 Å². The summed E-state index contributed by atoms with van der Waals surface area (Å²) in [5, 5.41) is 3.34. The van der Waals surface area contributed by atoms with Crippen molar-refractivity contribution in [3.05, 3.63) is 42.5 Å². The molecule has 0 atom stereocenters. The van der Waals surface area contributed by atoms with E-state index in [0.29, 0.717) is 0 Å². The normalized spacial score (nSPS) is 14.8. The number of rotatable bonds is 6. The summed E-state index contributed by atoms with van der Waals surface area (Å²) in [6, 6.07) is 8.72. The van der Waals surface area contributed by atoms with Gasteiger partial charge >= 0.3 is 0 Å². The van der Waals surface area contributed by atoms with Crippen LogP contribution in [0.3, 0.4) is 0 Å².